The highest BCUT2D eigenvalue weighted by Gasteiger charge is 2.52. The average molecular weight is 276 g/mol. The summed E-state index contributed by atoms with van der Waals surface area (Å²) in [4.78, 5) is 24.0. The van der Waals surface area contributed by atoms with Crippen molar-refractivity contribution in [2.45, 2.75) is 44.8 Å². The molecule has 0 saturated heterocycles. The molecule has 0 aromatic heterocycles. The van der Waals surface area contributed by atoms with Gasteiger partial charge in [0, 0.05) is 5.69 Å². The van der Waals surface area contributed by atoms with E-state index in [1.807, 2.05) is 18.2 Å². The van der Waals surface area contributed by atoms with Gasteiger partial charge in [-0.3, -0.25) is 4.79 Å². The SMILES string of the molecule is CC(C)(C)OC(=O)NC1(C(=O)Nc2ccccc2)CC1. The van der Waals surface area contributed by atoms with Crippen LogP contribution in [0.25, 0.3) is 0 Å². The first-order valence-corrected chi connectivity index (χ1v) is 6.68. The van der Waals surface area contributed by atoms with Crippen LogP contribution in [-0.4, -0.2) is 23.1 Å². The third-order valence-electron chi connectivity index (χ3n) is 2.96. The molecule has 108 valence electrons. The summed E-state index contributed by atoms with van der Waals surface area (Å²) in [6.45, 7) is 5.36. The lowest BCUT2D eigenvalue weighted by Crippen LogP contribution is -2.47. The quantitative estimate of drug-likeness (QED) is 0.892. The molecule has 5 heteroatoms. The van der Waals surface area contributed by atoms with Gasteiger partial charge in [0.25, 0.3) is 0 Å². The monoisotopic (exact) mass is 276 g/mol. The molecule has 0 spiro atoms. The molecule has 0 unspecified atom stereocenters. The van der Waals surface area contributed by atoms with Crippen LogP contribution in [0.15, 0.2) is 30.3 Å². The number of benzene rings is 1. The summed E-state index contributed by atoms with van der Waals surface area (Å²) in [5.41, 5.74) is -0.677. The number of amides is 2. The van der Waals surface area contributed by atoms with Gasteiger partial charge >= 0.3 is 6.09 Å². The van der Waals surface area contributed by atoms with Crippen molar-refractivity contribution in [3.8, 4) is 0 Å². The van der Waals surface area contributed by atoms with Gasteiger partial charge in [-0.1, -0.05) is 18.2 Å². The highest BCUT2D eigenvalue weighted by molar-refractivity contribution is 6.02. The summed E-state index contributed by atoms with van der Waals surface area (Å²) >= 11 is 0. The van der Waals surface area contributed by atoms with Crippen molar-refractivity contribution in [2.75, 3.05) is 5.32 Å². The Labute approximate surface area is 118 Å². The summed E-state index contributed by atoms with van der Waals surface area (Å²) in [6.07, 6.45) is 0.703. The number of carbonyl (C=O) groups excluding carboxylic acids is 2. The van der Waals surface area contributed by atoms with Crippen LogP contribution in [0.3, 0.4) is 0 Å². The van der Waals surface area contributed by atoms with E-state index < -0.39 is 17.2 Å². The summed E-state index contributed by atoms with van der Waals surface area (Å²) in [6, 6.07) is 9.18. The van der Waals surface area contributed by atoms with E-state index in [1.165, 1.54) is 0 Å². The van der Waals surface area contributed by atoms with Crippen molar-refractivity contribution >= 4 is 17.7 Å². The molecule has 0 bridgehead atoms. The lowest BCUT2D eigenvalue weighted by Gasteiger charge is -2.23. The zero-order chi connectivity index (χ0) is 14.8. The van der Waals surface area contributed by atoms with Crippen LogP contribution in [-0.2, 0) is 9.53 Å². The lowest BCUT2D eigenvalue weighted by atomic mass is 10.2. The van der Waals surface area contributed by atoms with E-state index in [9.17, 15) is 9.59 Å². The van der Waals surface area contributed by atoms with E-state index in [1.54, 1.807) is 32.9 Å². The maximum atomic E-state index is 12.2. The third-order valence-corrected chi connectivity index (χ3v) is 2.96. The fourth-order valence-electron chi connectivity index (χ4n) is 1.81. The molecule has 0 atom stereocenters. The number of ether oxygens (including phenoxy) is 1. The summed E-state index contributed by atoms with van der Waals surface area (Å²) in [7, 11) is 0. The zero-order valence-electron chi connectivity index (χ0n) is 12.0. The molecule has 20 heavy (non-hydrogen) atoms. The van der Waals surface area contributed by atoms with Gasteiger partial charge in [-0.25, -0.2) is 4.79 Å². The molecule has 1 aromatic carbocycles. The van der Waals surface area contributed by atoms with Crippen molar-refractivity contribution in [1.29, 1.82) is 0 Å². The molecule has 0 radical (unpaired) electrons. The van der Waals surface area contributed by atoms with Gasteiger partial charge in [-0.15, -0.1) is 0 Å². The molecule has 5 nitrogen and oxygen atoms in total. The lowest BCUT2D eigenvalue weighted by molar-refractivity contribution is -0.119. The minimum atomic E-state index is -0.821. The molecule has 0 heterocycles. The first-order chi connectivity index (χ1) is 9.31. The predicted molar refractivity (Wildman–Crippen MR) is 76.4 cm³/mol. The number of para-hydroxylation sites is 1. The van der Waals surface area contributed by atoms with Gasteiger partial charge in [0.2, 0.25) is 5.91 Å². The topological polar surface area (TPSA) is 67.4 Å². The Balaban J connectivity index is 1.94. The van der Waals surface area contributed by atoms with Crippen molar-refractivity contribution < 1.29 is 14.3 Å². The second kappa shape index (κ2) is 5.15. The average Bonchev–Trinajstić information content (AvgIpc) is 3.08. The van der Waals surface area contributed by atoms with E-state index in [0.29, 0.717) is 12.8 Å². The summed E-state index contributed by atoms with van der Waals surface area (Å²) in [5, 5.41) is 5.47. The van der Waals surface area contributed by atoms with Crippen LogP contribution < -0.4 is 10.6 Å². The summed E-state index contributed by atoms with van der Waals surface area (Å²) in [5.74, 6) is -0.199. The fourth-order valence-corrected chi connectivity index (χ4v) is 1.81. The molecule has 2 rings (SSSR count). The molecule has 1 aliphatic rings. The van der Waals surface area contributed by atoms with E-state index in [4.69, 9.17) is 4.74 Å². The fraction of sp³-hybridized carbons (Fsp3) is 0.467. The van der Waals surface area contributed by atoms with Gasteiger partial charge in [0.1, 0.15) is 11.1 Å². The van der Waals surface area contributed by atoms with Crippen LogP contribution in [0.1, 0.15) is 33.6 Å². The number of nitrogens with one attached hydrogen (secondary N) is 2. The van der Waals surface area contributed by atoms with Gasteiger partial charge in [0.15, 0.2) is 0 Å². The van der Waals surface area contributed by atoms with E-state index in [-0.39, 0.29) is 5.91 Å². The van der Waals surface area contributed by atoms with E-state index in [2.05, 4.69) is 10.6 Å². The molecule has 2 N–H and O–H groups in total. The number of anilines is 1. The minimum Gasteiger partial charge on any atom is -0.444 e. The number of hydrogen-bond acceptors (Lipinski definition) is 3. The molecular formula is C15H20N2O3. The molecule has 1 aromatic rings. The second-order valence-electron chi connectivity index (χ2n) is 6.03. The van der Waals surface area contributed by atoms with Gasteiger partial charge in [0.05, 0.1) is 0 Å². The molecule has 0 aliphatic heterocycles. The molecule has 1 fully saturated rings. The van der Waals surface area contributed by atoms with Crippen molar-refractivity contribution in [1.82, 2.24) is 5.32 Å². The Kier molecular flexibility index (Phi) is 3.70. The van der Waals surface area contributed by atoms with Gasteiger partial charge in [-0.2, -0.15) is 0 Å². The first-order valence-electron chi connectivity index (χ1n) is 6.68. The van der Waals surface area contributed by atoms with Crippen molar-refractivity contribution in [3.05, 3.63) is 30.3 Å². The highest BCUT2D eigenvalue weighted by atomic mass is 16.6. The largest absolute Gasteiger partial charge is 0.444 e. The highest BCUT2D eigenvalue weighted by Crippen LogP contribution is 2.36. The number of alkyl carbamates (subject to hydrolysis) is 1. The predicted octanol–water partition coefficient (Wildman–Crippen LogP) is 2.68. The normalized spacial score (nSPS) is 16.1. The Morgan fingerprint density at radius 2 is 1.75 bits per heavy atom. The van der Waals surface area contributed by atoms with Crippen LogP contribution >= 0.6 is 0 Å². The van der Waals surface area contributed by atoms with E-state index in [0.717, 1.165) is 5.69 Å². The van der Waals surface area contributed by atoms with Crippen LogP contribution in [0.5, 0.6) is 0 Å². The Morgan fingerprint density at radius 3 is 2.25 bits per heavy atom. The van der Waals surface area contributed by atoms with Gasteiger partial charge in [-0.05, 0) is 45.7 Å². The molecular weight excluding hydrogens is 256 g/mol. The number of rotatable bonds is 3. The minimum absolute atomic E-state index is 0.199. The maximum Gasteiger partial charge on any atom is 0.408 e. The Morgan fingerprint density at radius 1 is 1.15 bits per heavy atom. The summed E-state index contributed by atoms with van der Waals surface area (Å²) < 4.78 is 5.18. The number of carbonyl (C=O) groups is 2. The van der Waals surface area contributed by atoms with Crippen LogP contribution in [0.2, 0.25) is 0 Å². The molecule has 1 saturated carbocycles. The third kappa shape index (κ3) is 3.73. The second-order valence-corrected chi connectivity index (χ2v) is 6.03. The Hall–Kier alpha value is -2.04. The number of hydrogen-bond donors (Lipinski definition) is 2. The molecule has 2 amide bonds. The first kappa shape index (κ1) is 14.4. The smallest absolute Gasteiger partial charge is 0.408 e. The van der Waals surface area contributed by atoms with Crippen LogP contribution in [0.4, 0.5) is 10.5 Å². The van der Waals surface area contributed by atoms with Crippen molar-refractivity contribution in [3.63, 3.8) is 0 Å². The van der Waals surface area contributed by atoms with Gasteiger partial charge < -0.3 is 15.4 Å². The maximum absolute atomic E-state index is 12.2. The Bertz CT molecular complexity index is 502. The van der Waals surface area contributed by atoms with Crippen LogP contribution in [0, 0.1) is 0 Å². The van der Waals surface area contributed by atoms with Crippen molar-refractivity contribution in [2.24, 2.45) is 0 Å². The standard InChI is InChI=1S/C15H20N2O3/c1-14(2,3)20-13(19)17-15(9-10-15)12(18)16-11-7-5-4-6-8-11/h4-8H,9-10H2,1-3H3,(H,16,18)(H,17,19). The van der Waals surface area contributed by atoms with E-state index >= 15 is 0 Å². The zero-order valence-corrected chi connectivity index (χ0v) is 12.0. The molecule has 1 aliphatic carbocycles.